The first-order chi connectivity index (χ1) is 12.4. The molecule has 0 saturated carbocycles. The van der Waals surface area contributed by atoms with Crippen molar-refractivity contribution in [1.29, 1.82) is 0 Å². The summed E-state index contributed by atoms with van der Waals surface area (Å²) in [6, 6.07) is 5.59. The van der Waals surface area contributed by atoms with Gasteiger partial charge in [-0.25, -0.2) is 9.59 Å². The fraction of sp³-hybridized carbons (Fsp3) is 0.421. The molecule has 7 nitrogen and oxygen atoms in total. The summed E-state index contributed by atoms with van der Waals surface area (Å²) < 4.78 is 10.6. The Hall–Kier alpha value is -2.83. The third kappa shape index (κ3) is 5.08. The molecule has 0 aliphatic rings. The van der Waals surface area contributed by atoms with E-state index in [2.05, 4.69) is 5.32 Å². The molecule has 1 aromatic heterocycles. The van der Waals surface area contributed by atoms with E-state index in [4.69, 9.17) is 14.3 Å². The Kier molecular flexibility index (Phi) is 6.77. The molecule has 0 radical (unpaired) electrons. The molecule has 0 aliphatic heterocycles. The lowest BCUT2D eigenvalue weighted by molar-refractivity contribution is -0.142. The van der Waals surface area contributed by atoms with E-state index in [1.807, 2.05) is 13.8 Å². The number of carboxylic acids is 1. The predicted molar refractivity (Wildman–Crippen MR) is 96.4 cm³/mol. The SMILES string of the molecule is CCCc1cc(=O)oc2cc(OCC(=O)N[C@H](CCC)C(=O)O)ccc12. The van der Waals surface area contributed by atoms with E-state index in [-0.39, 0.29) is 6.61 Å². The maximum Gasteiger partial charge on any atom is 0.336 e. The van der Waals surface area contributed by atoms with Gasteiger partial charge in [0.25, 0.3) is 5.91 Å². The van der Waals surface area contributed by atoms with Gasteiger partial charge in [0, 0.05) is 17.5 Å². The highest BCUT2D eigenvalue weighted by atomic mass is 16.5. The second-order valence-electron chi connectivity index (χ2n) is 6.03. The zero-order chi connectivity index (χ0) is 19.1. The average molecular weight is 361 g/mol. The van der Waals surface area contributed by atoms with Crippen LogP contribution in [-0.2, 0) is 16.0 Å². The molecule has 0 unspecified atom stereocenters. The van der Waals surface area contributed by atoms with Crippen molar-refractivity contribution in [3.8, 4) is 5.75 Å². The molecule has 1 aromatic carbocycles. The normalized spacial score (nSPS) is 11.9. The van der Waals surface area contributed by atoms with Crippen molar-refractivity contribution in [2.24, 2.45) is 0 Å². The molecule has 0 saturated heterocycles. The molecule has 1 heterocycles. The molecule has 0 aliphatic carbocycles. The van der Waals surface area contributed by atoms with Crippen LogP contribution >= 0.6 is 0 Å². The monoisotopic (exact) mass is 361 g/mol. The minimum Gasteiger partial charge on any atom is -0.484 e. The van der Waals surface area contributed by atoms with Crippen LogP contribution in [0.5, 0.6) is 5.75 Å². The van der Waals surface area contributed by atoms with Gasteiger partial charge < -0.3 is 19.6 Å². The number of amides is 1. The maximum absolute atomic E-state index is 11.9. The number of carbonyl (C=O) groups excluding carboxylic acids is 1. The van der Waals surface area contributed by atoms with E-state index < -0.39 is 23.5 Å². The number of carbonyl (C=O) groups is 2. The second kappa shape index (κ2) is 9.03. The molecular weight excluding hydrogens is 338 g/mol. The van der Waals surface area contributed by atoms with Crippen molar-refractivity contribution >= 4 is 22.8 Å². The van der Waals surface area contributed by atoms with Gasteiger partial charge in [0.1, 0.15) is 17.4 Å². The summed E-state index contributed by atoms with van der Waals surface area (Å²) in [4.78, 5) is 34.6. The van der Waals surface area contributed by atoms with Crippen LogP contribution in [0.1, 0.15) is 38.7 Å². The molecule has 2 aromatic rings. The summed E-state index contributed by atoms with van der Waals surface area (Å²) in [6.45, 7) is 3.55. The fourth-order valence-electron chi connectivity index (χ4n) is 2.71. The van der Waals surface area contributed by atoms with Crippen molar-refractivity contribution in [2.45, 2.75) is 45.6 Å². The van der Waals surface area contributed by atoms with Gasteiger partial charge in [0.2, 0.25) is 0 Å². The number of benzene rings is 1. The quantitative estimate of drug-likeness (QED) is 0.665. The van der Waals surface area contributed by atoms with Gasteiger partial charge in [-0.1, -0.05) is 26.7 Å². The Morgan fingerprint density at radius 2 is 2.00 bits per heavy atom. The van der Waals surface area contributed by atoms with Crippen LogP contribution in [0.2, 0.25) is 0 Å². The Balaban J connectivity index is 2.08. The minimum absolute atomic E-state index is 0.322. The van der Waals surface area contributed by atoms with Crippen molar-refractivity contribution in [3.63, 3.8) is 0 Å². The van der Waals surface area contributed by atoms with Gasteiger partial charge in [-0.15, -0.1) is 0 Å². The molecule has 7 heteroatoms. The lowest BCUT2D eigenvalue weighted by Gasteiger charge is -2.14. The fourth-order valence-corrected chi connectivity index (χ4v) is 2.71. The topological polar surface area (TPSA) is 106 Å². The largest absolute Gasteiger partial charge is 0.484 e. The zero-order valence-corrected chi connectivity index (χ0v) is 14.9. The standard InChI is InChI=1S/C19H23NO6/c1-3-5-12-9-18(22)26-16-10-13(7-8-14(12)16)25-11-17(21)20-15(6-4-2)19(23)24/h7-10,15H,3-6,11H2,1-2H3,(H,20,21)(H,23,24)/t15-/m1/s1. The number of nitrogens with one attached hydrogen (secondary N) is 1. The lowest BCUT2D eigenvalue weighted by Crippen LogP contribution is -2.42. The predicted octanol–water partition coefficient (Wildman–Crippen LogP) is 2.49. The maximum atomic E-state index is 11.9. The molecule has 0 bridgehead atoms. The van der Waals surface area contributed by atoms with Crippen molar-refractivity contribution in [3.05, 3.63) is 40.2 Å². The van der Waals surface area contributed by atoms with E-state index in [0.29, 0.717) is 24.2 Å². The second-order valence-corrected chi connectivity index (χ2v) is 6.03. The summed E-state index contributed by atoms with van der Waals surface area (Å²) in [6.07, 6.45) is 2.66. The van der Waals surface area contributed by atoms with Crippen molar-refractivity contribution in [1.82, 2.24) is 5.32 Å². The van der Waals surface area contributed by atoms with E-state index in [1.165, 1.54) is 6.07 Å². The number of hydrogen-bond donors (Lipinski definition) is 2. The third-order valence-corrected chi connectivity index (χ3v) is 3.90. The van der Waals surface area contributed by atoms with Crippen LogP contribution in [0.3, 0.4) is 0 Å². The number of carboxylic acid groups (broad SMARTS) is 1. The van der Waals surface area contributed by atoms with Gasteiger partial charge in [-0.2, -0.15) is 0 Å². The Bertz CT molecular complexity index is 842. The van der Waals surface area contributed by atoms with Gasteiger partial charge >= 0.3 is 11.6 Å². The van der Waals surface area contributed by atoms with Gasteiger partial charge in [-0.3, -0.25) is 4.79 Å². The van der Waals surface area contributed by atoms with Crippen LogP contribution in [0, 0.1) is 0 Å². The highest BCUT2D eigenvalue weighted by molar-refractivity contribution is 5.85. The summed E-state index contributed by atoms with van der Waals surface area (Å²) >= 11 is 0. The summed E-state index contributed by atoms with van der Waals surface area (Å²) in [5.41, 5.74) is 0.875. The van der Waals surface area contributed by atoms with Crippen LogP contribution in [0.25, 0.3) is 11.0 Å². The highest BCUT2D eigenvalue weighted by Crippen LogP contribution is 2.23. The molecule has 1 amide bonds. The van der Waals surface area contributed by atoms with Gasteiger partial charge in [0.05, 0.1) is 0 Å². The summed E-state index contributed by atoms with van der Waals surface area (Å²) in [5.74, 6) is -1.23. The van der Waals surface area contributed by atoms with Crippen molar-refractivity contribution in [2.75, 3.05) is 6.61 Å². The van der Waals surface area contributed by atoms with E-state index in [9.17, 15) is 14.4 Å². The van der Waals surface area contributed by atoms with E-state index in [1.54, 1.807) is 18.2 Å². The van der Waals surface area contributed by atoms with Crippen molar-refractivity contribution < 1.29 is 23.8 Å². The lowest BCUT2D eigenvalue weighted by atomic mass is 10.1. The van der Waals surface area contributed by atoms with Crippen LogP contribution in [0.4, 0.5) is 0 Å². The first-order valence-corrected chi connectivity index (χ1v) is 8.66. The smallest absolute Gasteiger partial charge is 0.336 e. The highest BCUT2D eigenvalue weighted by Gasteiger charge is 2.19. The van der Waals surface area contributed by atoms with Gasteiger partial charge in [-0.05, 0) is 30.5 Å². The first kappa shape index (κ1) is 19.5. The molecular formula is C19H23NO6. The van der Waals surface area contributed by atoms with E-state index >= 15 is 0 Å². The van der Waals surface area contributed by atoms with Gasteiger partial charge in [0.15, 0.2) is 6.61 Å². The number of rotatable bonds is 9. The van der Waals surface area contributed by atoms with Crippen LogP contribution in [0.15, 0.2) is 33.5 Å². The first-order valence-electron chi connectivity index (χ1n) is 8.66. The zero-order valence-electron chi connectivity index (χ0n) is 14.9. The molecule has 0 spiro atoms. The number of aryl methyl sites for hydroxylation is 1. The third-order valence-electron chi connectivity index (χ3n) is 3.90. The molecule has 2 rings (SSSR count). The average Bonchev–Trinajstić information content (AvgIpc) is 2.59. The molecule has 26 heavy (non-hydrogen) atoms. The molecule has 2 N–H and O–H groups in total. The van der Waals surface area contributed by atoms with Crippen LogP contribution in [-0.4, -0.2) is 29.6 Å². The van der Waals surface area contributed by atoms with Crippen LogP contribution < -0.4 is 15.7 Å². The number of fused-ring (bicyclic) bond motifs is 1. The van der Waals surface area contributed by atoms with E-state index in [0.717, 1.165) is 23.8 Å². The Morgan fingerprint density at radius 1 is 1.23 bits per heavy atom. The number of ether oxygens (including phenoxy) is 1. The summed E-state index contributed by atoms with van der Waals surface area (Å²) in [7, 11) is 0. The molecule has 1 atom stereocenters. The molecule has 0 fully saturated rings. The Morgan fingerprint density at radius 3 is 2.65 bits per heavy atom. The summed E-state index contributed by atoms with van der Waals surface area (Å²) in [5, 5.41) is 12.3. The number of aliphatic carboxylic acids is 1. The minimum atomic E-state index is -1.07. The number of hydrogen-bond acceptors (Lipinski definition) is 5. The molecule has 140 valence electrons. The Labute approximate surface area is 151 Å².